The summed E-state index contributed by atoms with van der Waals surface area (Å²) in [5.41, 5.74) is 0. The first kappa shape index (κ1) is 19.3. The molecule has 0 aliphatic heterocycles. The largest absolute Gasteiger partial charge is 0.264 e. The average Bonchev–Trinajstić information content (AvgIpc) is 2.26. The Morgan fingerprint density at radius 2 is 1.11 bits per heavy atom. The lowest BCUT2D eigenvalue weighted by atomic mass is 10.8. The van der Waals surface area contributed by atoms with Crippen LogP contribution in [0.3, 0.4) is 0 Å². The van der Waals surface area contributed by atoms with E-state index >= 15 is 0 Å². The maximum atomic E-state index is 5.29. The van der Waals surface area contributed by atoms with Crippen LogP contribution in [0.1, 0.15) is 6.92 Å². The van der Waals surface area contributed by atoms with Crippen LogP contribution in [0, 0.1) is 0 Å². The van der Waals surface area contributed by atoms with Crippen molar-refractivity contribution in [1.29, 1.82) is 0 Å². The van der Waals surface area contributed by atoms with Crippen LogP contribution in [0.15, 0.2) is 9.26 Å². The topological polar surface area (TPSA) is 37.7 Å². The molecular weight excluding hydrogens is 278 g/mol. The summed E-state index contributed by atoms with van der Waals surface area (Å²) in [6.45, 7) is 5.10. The lowest BCUT2D eigenvalue weighted by molar-refractivity contribution is 0.547. The van der Waals surface area contributed by atoms with E-state index in [4.69, 9.17) is 9.26 Å². The Kier molecular flexibility index (Phi) is 7.46. The van der Waals surface area contributed by atoms with Gasteiger partial charge in [-0.05, 0) is 70.0 Å². The van der Waals surface area contributed by atoms with Gasteiger partial charge >= 0.3 is 0 Å². The molecule has 0 aromatic heterocycles. The van der Waals surface area contributed by atoms with Gasteiger partial charge in [0.25, 0.3) is 0 Å². The van der Waals surface area contributed by atoms with Crippen molar-refractivity contribution in [3.63, 3.8) is 0 Å². The Morgan fingerprint density at radius 3 is 1.32 bits per heavy atom. The Morgan fingerprint density at radius 1 is 0.737 bits per heavy atom. The normalized spacial score (nSPS) is 13.8. The average molecular weight is 310 g/mol. The van der Waals surface area contributed by atoms with Crippen molar-refractivity contribution in [1.82, 2.24) is 18.7 Å². The lowest BCUT2D eigenvalue weighted by Gasteiger charge is -2.40. The van der Waals surface area contributed by atoms with Crippen LogP contribution in [0.4, 0.5) is 0 Å². The van der Waals surface area contributed by atoms with Gasteiger partial charge in [0.05, 0.1) is 0 Å². The predicted molar refractivity (Wildman–Crippen MR) is 89.9 cm³/mol. The maximum Gasteiger partial charge on any atom is 0.211 e. The van der Waals surface area contributed by atoms with Crippen LogP contribution in [0.5, 0.6) is 0 Å². The fourth-order valence-corrected chi connectivity index (χ4v) is 8.66. The zero-order valence-electron chi connectivity index (χ0n) is 14.3. The highest BCUT2D eigenvalue weighted by atomic mass is 31.2. The second kappa shape index (κ2) is 7.35. The molecule has 0 amide bonds. The minimum absolute atomic E-state index is 0.786. The molecule has 0 aliphatic rings. The standard InChI is InChI=1S/C11H32N6P2/c1-11-12-19(16(6)7,17(8)9)13-18(10,14(2)3)15(4)5/h11H2,1-10H3. The molecule has 0 heterocycles. The van der Waals surface area contributed by atoms with Crippen LogP contribution in [0.2, 0.25) is 0 Å². The molecule has 0 saturated carbocycles. The van der Waals surface area contributed by atoms with E-state index in [1.54, 1.807) is 0 Å². The van der Waals surface area contributed by atoms with E-state index in [0.29, 0.717) is 0 Å². The minimum atomic E-state index is -1.99. The van der Waals surface area contributed by atoms with E-state index in [2.05, 4.69) is 88.7 Å². The van der Waals surface area contributed by atoms with Gasteiger partial charge in [-0.2, -0.15) is 0 Å². The molecule has 0 radical (unpaired) electrons. The molecule has 0 N–H and O–H groups in total. The summed E-state index contributed by atoms with van der Waals surface area (Å²) in [6.07, 6.45) is 0. The van der Waals surface area contributed by atoms with Crippen molar-refractivity contribution in [3.05, 3.63) is 0 Å². The molecule has 0 aromatic rings. The van der Waals surface area contributed by atoms with Gasteiger partial charge in [-0.15, -0.1) is 0 Å². The number of hydrogen-bond acceptors (Lipinski definition) is 1. The smallest absolute Gasteiger partial charge is 0.211 e. The van der Waals surface area contributed by atoms with Crippen molar-refractivity contribution in [2.75, 3.05) is 69.6 Å². The monoisotopic (exact) mass is 310 g/mol. The summed E-state index contributed by atoms with van der Waals surface area (Å²) in [6, 6.07) is 0. The highest BCUT2D eigenvalue weighted by molar-refractivity contribution is 7.72. The molecule has 0 spiro atoms. The number of hydrogen-bond donors (Lipinski definition) is 0. The molecule has 0 bridgehead atoms. The second-order valence-electron chi connectivity index (χ2n) is 5.34. The summed E-state index contributed by atoms with van der Waals surface area (Å²) in [5.74, 6) is 0. The molecule has 0 rings (SSSR count). The van der Waals surface area contributed by atoms with E-state index in [1.165, 1.54) is 0 Å². The summed E-state index contributed by atoms with van der Waals surface area (Å²) in [4.78, 5) is 0. The summed E-state index contributed by atoms with van der Waals surface area (Å²) in [7, 11) is 13.0. The highest BCUT2D eigenvalue weighted by Gasteiger charge is 2.30. The van der Waals surface area contributed by atoms with Crippen molar-refractivity contribution in [2.45, 2.75) is 6.92 Å². The third-order valence-electron chi connectivity index (χ3n) is 3.21. The Bertz CT molecular complexity index is 363. The Balaban J connectivity index is 6.27. The first-order valence-corrected chi connectivity index (χ1v) is 10.1. The lowest BCUT2D eigenvalue weighted by Crippen LogP contribution is -2.24. The third kappa shape index (κ3) is 4.13. The second-order valence-corrected chi connectivity index (χ2v) is 12.3. The van der Waals surface area contributed by atoms with Crippen LogP contribution in [-0.4, -0.2) is 88.3 Å². The molecule has 8 heteroatoms. The zero-order valence-corrected chi connectivity index (χ0v) is 16.1. The van der Waals surface area contributed by atoms with Crippen LogP contribution >= 0.6 is 14.9 Å². The number of nitrogens with zero attached hydrogens (tertiary/aromatic N) is 6. The van der Waals surface area contributed by atoms with Crippen molar-refractivity contribution in [3.8, 4) is 0 Å². The van der Waals surface area contributed by atoms with Gasteiger partial charge in [0, 0.05) is 6.54 Å². The summed E-state index contributed by atoms with van der Waals surface area (Å²) < 4.78 is 19.0. The van der Waals surface area contributed by atoms with Gasteiger partial charge in [-0.1, -0.05) is 0 Å². The summed E-state index contributed by atoms with van der Waals surface area (Å²) in [5, 5.41) is 0. The van der Waals surface area contributed by atoms with Crippen molar-refractivity contribution >= 4 is 14.9 Å². The Hall–Kier alpha value is 0.300. The van der Waals surface area contributed by atoms with E-state index < -0.39 is 14.9 Å². The molecule has 6 nitrogen and oxygen atoms in total. The molecule has 0 atom stereocenters. The van der Waals surface area contributed by atoms with Crippen LogP contribution < -0.4 is 0 Å². The predicted octanol–water partition coefficient (Wildman–Crippen LogP) is 2.86. The first-order valence-electron chi connectivity index (χ1n) is 6.45. The van der Waals surface area contributed by atoms with E-state index in [9.17, 15) is 0 Å². The molecule has 116 valence electrons. The maximum absolute atomic E-state index is 5.29. The van der Waals surface area contributed by atoms with Crippen molar-refractivity contribution < 1.29 is 0 Å². The fourth-order valence-electron chi connectivity index (χ4n) is 1.73. The quantitative estimate of drug-likeness (QED) is 0.707. The number of rotatable bonds is 6. The molecule has 0 aliphatic carbocycles. The molecule has 0 unspecified atom stereocenters. The first-order chi connectivity index (χ1) is 8.54. The van der Waals surface area contributed by atoms with Gasteiger partial charge in [-0.25, -0.2) is 13.9 Å². The van der Waals surface area contributed by atoms with E-state index in [1.807, 2.05) is 0 Å². The molecule has 19 heavy (non-hydrogen) atoms. The van der Waals surface area contributed by atoms with Crippen molar-refractivity contribution in [2.24, 2.45) is 9.26 Å². The van der Waals surface area contributed by atoms with E-state index in [-0.39, 0.29) is 0 Å². The fraction of sp³-hybridized carbons (Fsp3) is 1.00. The third-order valence-corrected chi connectivity index (χ3v) is 11.4. The molecule has 0 aromatic carbocycles. The molecule has 0 fully saturated rings. The van der Waals surface area contributed by atoms with Crippen LogP contribution in [0.25, 0.3) is 0 Å². The van der Waals surface area contributed by atoms with Gasteiger partial charge in [0.1, 0.15) is 7.36 Å². The van der Waals surface area contributed by atoms with Gasteiger partial charge < -0.3 is 0 Å². The molecular formula is C11H32N6P2. The Labute approximate surface area is 120 Å². The van der Waals surface area contributed by atoms with E-state index in [0.717, 1.165) is 6.54 Å². The minimum Gasteiger partial charge on any atom is -0.264 e. The van der Waals surface area contributed by atoms with Gasteiger partial charge in [-0.3, -0.25) is 14.1 Å². The highest BCUT2D eigenvalue weighted by Crippen LogP contribution is 2.65. The summed E-state index contributed by atoms with van der Waals surface area (Å²) >= 11 is 0. The zero-order chi connectivity index (χ0) is 15.4. The van der Waals surface area contributed by atoms with Gasteiger partial charge in [0.15, 0.2) is 0 Å². The van der Waals surface area contributed by atoms with Gasteiger partial charge in [0.2, 0.25) is 7.51 Å². The molecule has 0 saturated heterocycles. The van der Waals surface area contributed by atoms with Crippen LogP contribution in [-0.2, 0) is 0 Å². The SMILES string of the molecule is CCN=P(N=P(C)(N(C)C)N(C)C)(N(C)C)N(C)C.